The van der Waals surface area contributed by atoms with Crippen molar-refractivity contribution in [2.75, 3.05) is 41.0 Å². The SMILES string of the molecule is CCC/C=C/C=C/C=C/C=C/C=C/CCCCCCCC(=O)OC(COCCC(C(=O)[O-])[N+](C)(C)C)COC(=O)CCCCCCCCCCCCCCCCCCCCCCCCC. The van der Waals surface area contributed by atoms with Crippen molar-refractivity contribution in [1.82, 2.24) is 0 Å². The number of ether oxygens (including phenoxy) is 3. The number of aliphatic carboxylic acids is 1. The third-order valence-electron chi connectivity index (χ3n) is 12.0. The lowest BCUT2D eigenvalue weighted by molar-refractivity contribution is -0.889. The molecule has 0 N–H and O–H groups in total. The van der Waals surface area contributed by atoms with E-state index in [1.165, 1.54) is 135 Å². The van der Waals surface area contributed by atoms with Gasteiger partial charge in [0.05, 0.1) is 40.3 Å². The summed E-state index contributed by atoms with van der Waals surface area (Å²) in [6.45, 7) is 4.58. The third-order valence-corrected chi connectivity index (χ3v) is 12.0. The number of carbonyl (C=O) groups excluding carboxylic acids is 3. The zero-order valence-corrected chi connectivity index (χ0v) is 42.9. The number of carboxylic acid groups (broad SMARTS) is 1. The molecule has 0 fully saturated rings. The van der Waals surface area contributed by atoms with E-state index in [1.807, 2.05) is 36.5 Å². The monoisotopic (exact) mass is 912 g/mol. The first-order valence-corrected chi connectivity index (χ1v) is 26.9. The molecule has 0 aromatic rings. The fraction of sp³-hybridized carbons (Fsp3) is 0.772. The quantitative estimate of drug-likeness (QED) is 0.0259. The third kappa shape index (κ3) is 46.0. The number of carboxylic acids is 1. The van der Waals surface area contributed by atoms with Crippen LogP contribution in [0.5, 0.6) is 0 Å². The van der Waals surface area contributed by atoms with Crippen molar-refractivity contribution in [3.8, 4) is 0 Å². The Hall–Kier alpha value is -2.97. The Bertz CT molecular complexity index is 1250. The highest BCUT2D eigenvalue weighted by Gasteiger charge is 2.25. The van der Waals surface area contributed by atoms with Gasteiger partial charge in [0, 0.05) is 19.3 Å². The molecule has 0 bridgehead atoms. The molecule has 0 aliphatic rings. The van der Waals surface area contributed by atoms with Gasteiger partial charge in [0.2, 0.25) is 0 Å². The molecule has 0 saturated heterocycles. The highest BCUT2D eigenvalue weighted by molar-refractivity contribution is 5.70. The number of unbranched alkanes of at least 4 members (excludes halogenated alkanes) is 28. The fourth-order valence-electron chi connectivity index (χ4n) is 7.87. The Morgan fingerprint density at radius 2 is 0.846 bits per heavy atom. The average molecular weight is 912 g/mol. The van der Waals surface area contributed by atoms with Crippen molar-refractivity contribution in [2.24, 2.45) is 0 Å². The van der Waals surface area contributed by atoms with Gasteiger partial charge < -0.3 is 28.6 Å². The maximum atomic E-state index is 12.8. The number of hydrogen-bond acceptors (Lipinski definition) is 7. The predicted octanol–water partition coefficient (Wildman–Crippen LogP) is 14.4. The van der Waals surface area contributed by atoms with E-state index in [1.54, 1.807) is 21.1 Å². The molecule has 0 spiro atoms. The molecule has 0 rings (SSSR count). The van der Waals surface area contributed by atoms with Crippen LogP contribution in [0.2, 0.25) is 0 Å². The highest BCUT2D eigenvalue weighted by atomic mass is 16.6. The Morgan fingerprint density at radius 3 is 1.26 bits per heavy atom. The van der Waals surface area contributed by atoms with E-state index >= 15 is 0 Å². The molecule has 0 aliphatic carbocycles. The molecule has 65 heavy (non-hydrogen) atoms. The summed E-state index contributed by atoms with van der Waals surface area (Å²) < 4.78 is 17.2. The number of allylic oxidation sites excluding steroid dienone is 10. The second-order valence-corrected chi connectivity index (χ2v) is 19.2. The van der Waals surface area contributed by atoms with Crippen molar-refractivity contribution in [2.45, 2.75) is 244 Å². The smallest absolute Gasteiger partial charge is 0.306 e. The first-order valence-electron chi connectivity index (χ1n) is 26.9. The lowest BCUT2D eigenvalue weighted by Crippen LogP contribution is -2.55. The molecule has 0 aromatic carbocycles. The van der Waals surface area contributed by atoms with Crippen LogP contribution < -0.4 is 5.11 Å². The summed E-state index contributed by atoms with van der Waals surface area (Å²) in [5.74, 6) is -1.76. The van der Waals surface area contributed by atoms with E-state index in [-0.39, 0.29) is 42.7 Å². The number of nitrogens with zero attached hydrogens (tertiary/aromatic N) is 1. The number of esters is 2. The van der Waals surface area contributed by atoms with Crippen LogP contribution in [0, 0.1) is 0 Å². The van der Waals surface area contributed by atoms with Crippen LogP contribution >= 0.6 is 0 Å². The predicted molar refractivity (Wildman–Crippen MR) is 273 cm³/mol. The summed E-state index contributed by atoms with van der Waals surface area (Å²) in [6.07, 6.45) is 59.7. The Labute approximate surface area is 400 Å². The van der Waals surface area contributed by atoms with E-state index in [0.29, 0.717) is 12.8 Å². The first-order chi connectivity index (χ1) is 31.6. The fourth-order valence-corrected chi connectivity index (χ4v) is 7.87. The minimum atomic E-state index is -1.13. The summed E-state index contributed by atoms with van der Waals surface area (Å²) in [6, 6.07) is -0.733. The standard InChI is InChI=1S/C57H101NO7/c1-6-8-10-12-14-16-18-20-22-24-26-27-28-29-30-32-33-35-37-39-41-43-45-47-55(59)64-52-53(51-63-50-49-54(57(61)62)58(3,4)5)65-56(60)48-46-44-42-40-38-36-34-31-25-23-21-19-17-15-13-11-9-7-2/h11,13,15,17,19,21,23,25,31,34,53-54H,6-10,12,14,16,18,20,22,24,26-30,32-33,35-52H2,1-5H3/b13-11+,17-15+,21-19+,25-23+,34-31+. The highest BCUT2D eigenvalue weighted by Crippen LogP contribution is 2.17. The van der Waals surface area contributed by atoms with Crippen LogP contribution in [0.4, 0.5) is 0 Å². The minimum absolute atomic E-state index is 0.0299. The van der Waals surface area contributed by atoms with E-state index in [9.17, 15) is 19.5 Å². The van der Waals surface area contributed by atoms with Gasteiger partial charge in [0.15, 0.2) is 6.10 Å². The zero-order valence-electron chi connectivity index (χ0n) is 42.9. The summed E-state index contributed by atoms with van der Waals surface area (Å²) in [7, 11) is 5.41. The maximum Gasteiger partial charge on any atom is 0.306 e. The molecule has 0 amide bonds. The van der Waals surface area contributed by atoms with Gasteiger partial charge in [-0.2, -0.15) is 0 Å². The van der Waals surface area contributed by atoms with Gasteiger partial charge in [-0.1, -0.05) is 242 Å². The van der Waals surface area contributed by atoms with Crippen molar-refractivity contribution >= 4 is 17.9 Å². The molecule has 0 radical (unpaired) electrons. The average Bonchev–Trinajstić information content (AvgIpc) is 3.27. The van der Waals surface area contributed by atoms with Crippen LogP contribution in [0.15, 0.2) is 60.8 Å². The molecule has 0 aliphatic heterocycles. The number of rotatable bonds is 48. The lowest BCUT2D eigenvalue weighted by Gasteiger charge is -2.34. The molecular weight excluding hydrogens is 811 g/mol. The molecule has 8 nitrogen and oxygen atoms in total. The van der Waals surface area contributed by atoms with E-state index in [0.717, 1.165) is 64.2 Å². The number of hydrogen-bond donors (Lipinski definition) is 0. The van der Waals surface area contributed by atoms with Crippen LogP contribution in [-0.2, 0) is 28.6 Å². The van der Waals surface area contributed by atoms with Gasteiger partial charge >= 0.3 is 11.9 Å². The van der Waals surface area contributed by atoms with Gasteiger partial charge in [-0.15, -0.1) is 0 Å². The molecule has 2 unspecified atom stereocenters. The molecule has 376 valence electrons. The molecule has 0 saturated carbocycles. The normalized spacial score (nSPS) is 13.3. The molecule has 0 heterocycles. The van der Waals surface area contributed by atoms with Gasteiger partial charge in [-0.25, -0.2) is 0 Å². The summed E-state index contributed by atoms with van der Waals surface area (Å²) in [4.78, 5) is 37.1. The van der Waals surface area contributed by atoms with Crippen LogP contribution in [-0.4, -0.2) is 75.5 Å². The molecule has 0 aromatic heterocycles. The largest absolute Gasteiger partial charge is 0.544 e. The first kappa shape index (κ1) is 62.0. The van der Waals surface area contributed by atoms with Gasteiger partial charge in [0.25, 0.3) is 0 Å². The molecule has 2 atom stereocenters. The Kier molecular flexibility index (Phi) is 45.3. The van der Waals surface area contributed by atoms with Crippen LogP contribution in [0.1, 0.15) is 232 Å². The topological polar surface area (TPSA) is 102 Å². The van der Waals surface area contributed by atoms with Crippen molar-refractivity contribution in [3.05, 3.63) is 60.8 Å². The minimum Gasteiger partial charge on any atom is -0.544 e. The van der Waals surface area contributed by atoms with Crippen molar-refractivity contribution < 1.29 is 38.2 Å². The van der Waals surface area contributed by atoms with Gasteiger partial charge in [-0.05, 0) is 32.1 Å². The van der Waals surface area contributed by atoms with E-state index in [2.05, 4.69) is 38.2 Å². The molecule has 8 heteroatoms. The summed E-state index contributed by atoms with van der Waals surface area (Å²) in [5, 5.41) is 11.7. The number of carbonyl (C=O) groups is 3. The second-order valence-electron chi connectivity index (χ2n) is 19.2. The zero-order chi connectivity index (χ0) is 47.7. The number of likely N-dealkylation sites (N-methyl/N-ethyl adjacent to an activating group) is 1. The van der Waals surface area contributed by atoms with E-state index < -0.39 is 18.1 Å². The second kappa shape index (κ2) is 47.5. The number of quaternary nitrogens is 1. The summed E-state index contributed by atoms with van der Waals surface area (Å²) in [5.41, 5.74) is 0. The summed E-state index contributed by atoms with van der Waals surface area (Å²) >= 11 is 0. The van der Waals surface area contributed by atoms with Gasteiger partial charge in [0.1, 0.15) is 12.6 Å². The Balaban J connectivity index is 4.22. The van der Waals surface area contributed by atoms with E-state index in [4.69, 9.17) is 14.2 Å². The van der Waals surface area contributed by atoms with Crippen LogP contribution in [0.3, 0.4) is 0 Å². The lowest BCUT2D eigenvalue weighted by atomic mass is 10.0. The van der Waals surface area contributed by atoms with Gasteiger partial charge in [-0.3, -0.25) is 9.59 Å². The Morgan fingerprint density at radius 1 is 0.462 bits per heavy atom. The molecular formula is C57H101NO7. The van der Waals surface area contributed by atoms with Crippen LogP contribution in [0.25, 0.3) is 0 Å². The maximum absolute atomic E-state index is 12.8. The van der Waals surface area contributed by atoms with Crippen molar-refractivity contribution in [1.29, 1.82) is 0 Å². The van der Waals surface area contributed by atoms with Crippen molar-refractivity contribution in [3.63, 3.8) is 0 Å².